The summed E-state index contributed by atoms with van der Waals surface area (Å²) < 4.78 is 5.71. The summed E-state index contributed by atoms with van der Waals surface area (Å²) in [6.45, 7) is 6.09. The van der Waals surface area contributed by atoms with Gasteiger partial charge in [-0.2, -0.15) is 0 Å². The van der Waals surface area contributed by atoms with E-state index in [9.17, 15) is 4.79 Å². The minimum atomic E-state index is -0.101. The van der Waals surface area contributed by atoms with Crippen LogP contribution < -0.4 is 20.7 Å². The average molecular weight is 488 g/mol. The fourth-order valence-electron chi connectivity index (χ4n) is 2.11. The second-order valence-corrected chi connectivity index (χ2v) is 6.29. The van der Waals surface area contributed by atoms with Crippen molar-refractivity contribution in [3.63, 3.8) is 0 Å². The Bertz CT molecular complexity index is 692. The van der Waals surface area contributed by atoms with Crippen LogP contribution in [-0.4, -0.2) is 31.6 Å². The van der Waals surface area contributed by atoms with Crippen molar-refractivity contribution < 1.29 is 9.53 Å². The maximum absolute atomic E-state index is 11.1. The molecule has 6 nitrogen and oxygen atoms in total. The van der Waals surface area contributed by atoms with E-state index in [1.54, 1.807) is 17.4 Å². The topological polar surface area (TPSA) is 74.8 Å². The lowest BCUT2D eigenvalue weighted by atomic mass is 10.3. The Balaban J connectivity index is 0.00000338. The average Bonchev–Trinajstić information content (AvgIpc) is 3.09. The lowest BCUT2D eigenvalue weighted by Crippen LogP contribution is -2.39. The Morgan fingerprint density at radius 3 is 2.77 bits per heavy atom. The van der Waals surface area contributed by atoms with E-state index >= 15 is 0 Å². The molecule has 0 saturated heterocycles. The lowest BCUT2D eigenvalue weighted by Gasteiger charge is -2.12. The summed E-state index contributed by atoms with van der Waals surface area (Å²) in [5, 5.41) is 11.3. The van der Waals surface area contributed by atoms with Gasteiger partial charge in [0.25, 0.3) is 0 Å². The number of guanidine groups is 1. The first-order chi connectivity index (χ1) is 12.2. The van der Waals surface area contributed by atoms with Gasteiger partial charge in [0.05, 0.1) is 13.1 Å². The Labute approximate surface area is 175 Å². The number of thiophene rings is 1. The first-order valence-electron chi connectivity index (χ1n) is 8.22. The van der Waals surface area contributed by atoms with Crippen LogP contribution in [0.15, 0.2) is 46.8 Å². The van der Waals surface area contributed by atoms with Gasteiger partial charge in [-0.25, -0.2) is 4.99 Å². The third-order valence-electron chi connectivity index (χ3n) is 3.13. The molecule has 0 spiro atoms. The monoisotopic (exact) mass is 488 g/mol. The largest absolute Gasteiger partial charge is 0.492 e. The van der Waals surface area contributed by atoms with E-state index in [-0.39, 0.29) is 29.9 Å². The summed E-state index contributed by atoms with van der Waals surface area (Å²) in [7, 11) is 0. The number of anilines is 1. The number of carbonyl (C=O) groups is 1. The molecule has 2 rings (SSSR count). The standard InChI is InChI=1S/C18H24N4O2S.HI/c1-3-19-18(21-13-17-8-5-11-25-17)20-9-10-24-16-7-4-6-15(12-16)22-14(2)23;/h4-8,11-12H,3,9-10,13H2,1-2H3,(H,22,23)(H2,19,20,21);1H. The molecule has 0 fully saturated rings. The number of ether oxygens (including phenoxy) is 1. The number of hydrogen-bond acceptors (Lipinski definition) is 4. The Morgan fingerprint density at radius 1 is 1.23 bits per heavy atom. The molecule has 0 saturated carbocycles. The molecule has 0 aliphatic heterocycles. The molecule has 0 aliphatic carbocycles. The molecule has 0 unspecified atom stereocenters. The van der Waals surface area contributed by atoms with Crippen molar-refractivity contribution in [3.05, 3.63) is 46.7 Å². The zero-order valence-corrected chi connectivity index (χ0v) is 18.1. The number of aliphatic imine (C=N–C) groups is 1. The van der Waals surface area contributed by atoms with Crippen molar-refractivity contribution in [2.75, 3.05) is 25.0 Å². The van der Waals surface area contributed by atoms with Gasteiger partial charge in [-0.15, -0.1) is 35.3 Å². The number of nitrogens with one attached hydrogen (secondary N) is 3. The van der Waals surface area contributed by atoms with Crippen molar-refractivity contribution in [1.29, 1.82) is 0 Å². The highest BCUT2D eigenvalue weighted by molar-refractivity contribution is 14.0. The van der Waals surface area contributed by atoms with E-state index in [1.807, 2.05) is 36.6 Å². The van der Waals surface area contributed by atoms with Gasteiger partial charge in [-0.1, -0.05) is 12.1 Å². The van der Waals surface area contributed by atoms with Crippen LogP contribution in [0.3, 0.4) is 0 Å². The number of halogens is 1. The molecule has 0 radical (unpaired) electrons. The lowest BCUT2D eigenvalue weighted by molar-refractivity contribution is -0.114. The maximum atomic E-state index is 11.1. The molecule has 26 heavy (non-hydrogen) atoms. The van der Waals surface area contributed by atoms with Crippen LogP contribution in [0.25, 0.3) is 0 Å². The summed E-state index contributed by atoms with van der Waals surface area (Å²) >= 11 is 1.70. The number of nitrogens with zero attached hydrogens (tertiary/aromatic N) is 1. The van der Waals surface area contributed by atoms with Crippen molar-refractivity contribution in [1.82, 2.24) is 10.6 Å². The smallest absolute Gasteiger partial charge is 0.221 e. The van der Waals surface area contributed by atoms with Crippen LogP contribution in [0.4, 0.5) is 5.69 Å². The fraction of sp³-hybridized carbons (Fsp3) is 0.333. The Morgan fingerprint density at radius 2 is 2.08 bits per heavy atom. The van der Waals surface area contributed by atoms with E-state index in [1.165, 1.54) is 11.8 Å². The summed E-state index contributed by atoms with van der Waals surface area (Å²) in [6.07, 6.45) is 0. The first kappa shape index (κ1) is 22.2. The van der Waals surface area contributed by atoms with Gasteiger partial charge in [0.2, 0.25) is 5.91 Å². The normalized spacial score (nSPS) is 10.6. The number of amides is 1. The molecule has 3 N–H and O–H groups in total. The van der Waals surface area contributed by atoms with Gasteiger partial charge in [0.15, 0.2) is 5.96 Å². The van der Waals surface area contributed by atoms with E-state index in [0.717, 1.165) is 18.2 Å². The van der Waals surface area contributed by atoms with Crippen molar-refractivity contribution >= 4 is 52.9 Å². The predicted octanol–water partition coefficient (Wildman–Crippen LogP) is 3.46. The molecule has 8 heteroatoms. The minimum Gasteiger partial charge on any atom is -0.492 e. The summed E-state index contributed by atoms with van der Waals surface area (Å²) in [6, 6.07) is 11.4. The Kier molecular flexibility index (Phi) is 10.7. The quantitative estimate of drug-likeness (QED) is 0.230. The van der Waals surface area contributed by atoms with E-state index in [4.69, 9.17) is 4.74 Å². The third kappa shape index (κ3) is 8.52. The molecule has 0 bridgehead atoms. The molecule has 0 atom stereocenters. The zero-order valence-electron chi connectivity index (χ0n) is 15.0. The van der Waals surface area contributed by atoms with Crippen LogP contribution in [0.5, 0.6) is 5.75 Å². The maximum Gasteiger partial charge on any atom is 0.221 e. The molecule has 2 aromatic rings. The van der Waals surface area contributed by atoms with Crippen LogP contribution in [-0.2, 0) is 11.3 Å². The van der Waals surface area contributed by atoms with Crippen LogP contribution in [0.2, 0.25) is 0 Å². The summed E-state index contributed by atoms with van der Waals surface area (Å²) in [4.78, 5) is 16.9. The highest BCUT2D eigenvalue weighted by atomic mass is 127. The highest BCUT2D eigenvalue weighted by Gasteiger charge is 2.01. The van der Waals surface area contributed by atoms with Crippen molar-refractivity contribution in [2.24, 2.45) is 4.99 Å². The number of rotatable bonds is 8. The third-order valence-corrected chi connectivity index (χ3v) is 4.00. The van der Waals surface area contributed by atoms with E-state index in [0.29, 0.717) is 25.4 Å². The number of benzene rings is 1. The number of carbonyl (C=O) groups excluding carboxylic acids is 1. The highest BCUT2D eigenvalue weighted by Crippen LogP contribution is 2.17. The minimum absolute atomic E-state index is 0. The van der Waals surface area contributed by atoms with Gasteiger partial charge >= 0.3 is 0 Å². The van der Waals surface area contributed by atoms with Gasteiger partial charge in [0, 0.05) is 30.1 Å². The molecule has 0 aliphatic rings. The van der Waals surface area contributed by atoms with Crippen molar-refractivity contribution in [2.45, 2.75) is 20.4 Å². The molecule has 142 valence electrons. The van der Waals surface area contributed by atoms with Crippen LogP contribution >= 0.6 is 35.3 Å². The zero-order chi connectivity index (χ0) is 17.9. The van der Waals surface area contributed by atoms with Crippen molar-refractivity contribution in [3.8, 4) is 5.75 Å². The van der Waals surface area contributed by atoms with E-state index < -0.39 is 0 Å². The summed E-state index contributed by atoms with van der Waals surface area (Å²) in [5.74, 6) is 1.39. The summed E-state index contributed by atoms with van der Waals surface area (Å²) in [5.41, 5.74) is 0.726. The first-order valence-corrected chi connectivity index (χ1v) is 9.10. The number of hydrogen-bond donors (Lipinski definition) is 3. The second-order valence-electron chi connectivity index (χ2n) is 5.26. The second kappa shape index (κ2) is 12.5. The van der Waals surface area contributed by atoms with E-state index in [2.05, 4.69) is 27.0 Å². The van der Waals surface area contributed by atoms with Gasteiger partial charge in [-0.3, -0.25) is 4.79 Å². The van der Waals surface area contributed by atoms with Gasteiger partial charge in [-0.05, 0) is 30.5 Å². The molecular formula is C18H25IN4O2S. The molecule has 1 amide bonds. The van der Waals surface area contributed by atoms with Crippen LogP contribution in [0, 0.1) is 0 Å². The van der Waals surface area contributed by atoms with Gasteiger partial charge < -0.3 is 20.7 Å². The Hall–Kier alpha value is -1.81. The molecule has 1 heterocycles. The molecule has 1 aromatic heterocycles. The van der Waals surface area contributed by atoms with Gasteiger partial charge in [0.1, 0.15) is 12.4 Å². The SMILES string of the molecule is CCNC(=NCc1cccs1)NCCOc1cccc(NC(C)=O)c1.I. The molecular weight excluding hydrogens is 463 g/mol. The molecule has 1 aromatic carbocycles. The van der Waals surface area contributed by atoms with Crippen LogP contribution in [0.1, 0.15) is 18.7 Å². The fourth-order valence-corrected chi connectivity index (χ4v) is 2.73. The predicted molar refractivity (Wildman–Crippen MR) is 119 cm³/mol.